The molecule has 0 aliphatic carbocycles. The summed E-state index contributed by atoms with van der Waals surface area (Å²) in [6.07, 6.45) is 8.32. The van der Waals surface area contributed by atoms with Crippen LogP contribution in [0.2, 0.25) is 5.02 Å². The number of benzene rings is 1. The summed E-state index contributed by atoms with van der Waals surface area (Å²) in [5.74, 6) is 0.550. The Hall–Kier alpha value is -2.24. The third-order valence-electron chi connectivity index (χ3n) is 4.27. The van der Waals surface area contributed by atoms with Crippen molar-refractivity contribution in [3.05, 3.63) is 48.0 Å². The summed E-state index contributed by atoms with van der Waals surface area (Å²) in [6.45, 7) is 4.51. The fraction of sp³-hybridized carbons (Fsp3) is 0.278. The summed E-state index contributed by atoms with van der Waals surface area (Å²) in [5, 5.41) is 6.07. The quantitative estimate of drug-likeness (QED) is 0.705. The van der Waals surface area contributed by atoms with Crippen molar-refractivity contribution >= 4 is 28.6 Å². The fourth-order valence-corrected chi connectivity index (χ4v) is 3.28. The van der Waals surface area contributed by atoms with Crippen LogP contribution in [0, 0.1) is 0 Å². The van der Waals surface area contributed by atoms with Crippen molar-refractivity contribution in [1.29, 1.82) is 0 Å². The lowest BCUT2D eigenvalue weighted by Crippen LogP contribution is -2.18. The molecule has 2 aromatic heterocycles. The highest BCUT2D eigenvalue weighted by atomic mass is 35.5. The Balaban J connectivity index is 1.86. The fourth-order valence-electron chi connectivity index (χ4n) is 3.09. The minimum atomic E-state index is -0.00360. The van der Waals surface area contributed by atoms with E-state index in [2.05, 4.69) is 21.6 Å². The molecule has 24 heavy (non-hydrogen) atoms. The molecule has 1 unspecified atom stereocenters. The van der Waals surface area contributed by atoms with E-state index in [9.17, 15) is 0 Å². The second kappa shape index (κ2) is 6.34. The van der Waals surface area contributed by atoms with Gasteiger partial charge in [0.2, 0.25) is 0 Å². The number of hydrogen-bond acceptors (Lipinski definition) is 4. The molecule has 1 aliphatic heterocycles. The van der Waals surface area contributed by atoms with Crippen LogP contribution in [0.4, 0.5) is 0 Å². The van der Waals surface area contributed by atoms with Gasteiger partial charge in [-0.25, -0.2) is 14.6 Å². The lowest BCUT2D eigenvalue weighted by Gasteiger charge is -2.23. The monoisotopic (exact) mass is 340 g/mol. The summed E-state index contributed by atoms with van der Waals surface area (Å²) in [7, 11) is 0. The van der Waals surface area contributed by atoms with Gasteiger partial charge in [-0.3, -0.25) is 0 Å². The van der Waals surface area contributed by atoms with E-state index in [0.717, 1.165) is 42.3 Å². The first-order chi connectivity index (χ1) is 11.8. The number of aromatic nitrogens is 4. The predicted octanol–water partition coefficient (Wildman–Crippen LogP) is 4.49. The summed E-state index contributed by atoms with van der Waals surface area (Å²) in [5.41, 5.74) is 2.65. The normalized spacial score (nSPS) is 18.0. The Morgan fingerprint density at radius 3 is 3.00 bits per heavy atom. The van der Waals surface area contributed by atoms with Crippen molar-refractivity contribution < 1.29 is 4.74 Å². The molecule has 3 heterocycles. The van der Waals surface area contributed by atoms with E-state index in [-0.39, 0.29) is 6.23 Å². The molecule has 1 fully saturated rings. The molecular formula is C18H17ClN4O. The highest BCUT2D eigenvalue weighted by Gasteiger charge is 2.20. The molecule has 0 radical (unpaired) electrons. The first-order valence-corrected chi connectivity index (χ1v) is 8.39. The lowest BCUT2D eigenvalue weighted by molar-refractivity contribution is -0.0366. The topological polar surface area (TPSA) is 52.8 Å². The number of hydrogen-bond donors (Lipinski definition) is 0. The maximum absolute atomic E-state index is 6.33. The number of rotatable bonds is 3. The van der Waals surface area contributed by atoms with Crippen LogP contribution in [-0.2, 0) is 4.74 Å². The van der Waals surface area contributed by atoms with Crippen LogP contribution < -0.4 is 0 Å². The van der Waals surface area contributed by atoms with Gasteiger partial charge in [-0.2, -0.15) is 5.10 Å². The molecule has 0 bridgehead atoms. The largest absolute Gasteiger partial charge is 0.356 e. The van der Waals surface area contributed by atoms with Gasteiger partial charge in [-0.05, 0) is 31.4 Å². The van der Waals surface area contributed by atoms with Crippen molar-refractivity contribution in [3.63, 3.8) is 0 Å². The zero-order valence-electron chi connectivity index (χ0n) is 13.2. The first-order valence-electron chi connectivity index (χ1n) is 8.01. The second-order valence-electron chi connectivity index (χ2n) is 5.78. The van der Waals surface area contributed by atoms with Crippen LogP contribution in [0.5, 0.6) is 0 Å². The van der Waals surface area contributed by atoms with Crippen LogP contribution in [0.15, 0.2) is 37.2 Å². The smallest absolute Gasteiger partial charge is 0.151 e. The van der Waals surface area contributed by atoms with E-state index in [4.69, 9.17) is 16.3 Å². The predicted molar refractivity (Wildman–Crippen MR) is 94.7 cm³/mol. The molecule has 3 aromatic rings. The van der Waals surface area contributed by atoms with Crippen molar-refractivity contribution in [2.45, 2.75) is 25.5 Å². The summed E-state index contributed by atoms with van der Waals surface area (Å²) in [4.78, 5) is 8.64. The van der Waals surface area contributed by atoms with E-state index in [1.54, 1.807) is 12.3 Å². The highest BCUT2D eigenvalue weighted by Crippen LogP contribution is 2.34. The number of ether oxygens (including phenoxy) is 1. The van der Waals surface area contributed by atoms with Gasteiger partial charge in [0.1, 0.15) is 0 Å². The number of nitrogens with zero attached hydrogens (tertiary/aromatic N) is 4. The van der Waals surface area contributed by atoms with E-state index < -0.39 is 0 Å². The SMILES string of the molecule is C=Cc1ncc(Cl)c(-c2cccc3c2cnn3C2CCCCO2)n1. The third-order valence-corrected chi connectivity index (χ3v) is 4.55. The van der Waals surface area contributed by atoms with Crippen molar-refractivity contribution in [1.82, 2.24) is 19.7 Å². The minimum Gasteiger partial charge on any atom is -0.356 e. The highest BCUT2D eigenvalue weighted by molar-refractivity contribution is 6.33. The van der Waals surface area contributed by atoms with Crippen molar-refractivity contribution in [3.8, 4) is 11.3 Å². The summed E-state index contributed by atoms with van der Waals surface area (Å²) in [6, 6.07) is 6.04. The lowest BCUT2D eigenvalue weighted by atomic mass is 10.1. The van der Waals surface area contributed by atoms with E-state index in [1.807, 2.05) is 29.1 Å². The minimum absolute atomic E-state index is 0.00360. The van der Waals surface area contributed by atoms with Crippen LogP contribution >= 0.6 is 11.6 Å². The van der Waals surface area contributed by atoms with Gasteiger partial charge in [0.15, 0.2) is 12.1 Å². The van der Waals surface area contributed by atoms with Gasteiger partial charge in [0.25, 0.3) is 0 Å². The maximum Gasteiger partial charge on any atom is 0.151 e. The average Bonchev–Trinajstić information content (AvgIpc) is 3.07. The van der Waals surface area contributed by atoms with Crippen molar-refractivity contribution in [2.75, 3.05) is 6.61 Å². The molecule has 1 atom stereocenters. The molecule has 0 spiro atoms. The first kappa shape index (κ1) is 15.3. The Bertz CT molecular complexity index is 899. The van der Waals surface area contributed by atoms with Gasteiger partial charge in [0.05, 0.1) is 28.6 Å². The second-order valence-corrected chi connectivity index (χ2v) is 6.18. The summed E-state index contributed by atoms with van der Waals surface area (Å²) < 4.78 is 7.83. The Morgan fingerprint density at radius 2 is 2.21 bits per heavy atom. The average molecular weight is 341 g/mol. The molecular weight excluding hydrogens is 324 g/mol. The van der Waals surface area contributed by atoms with Crippen LogP contribution in [-0.4, -0.2) is 26.4 Å². The van der Waals surface area contributed by atoms with Gasteiger partial charge < -0.3 is 4.74 Å². The van der Waals surface area contributed by atoms with Crippen molar-refractivity contribution in [2.24, 2.45) is 0 Å². The molecule has 6 heteroatoms. The molecule has 122 valence electrons. The molecule has 0 saturated carbocycles. The van der Waals surface area contributed by atoms with E-state index >= 15 is 0 Å². The van der Waals surface area contributed by atoms with Crippen LogP contribution in [0.25, 0.3) is 28.2 Å². The Morgan fingerprint density at radius 1 is 1.29 bits per heavy atom. The van der Waals surface area contributed by atoms with E-state index in [0.29, 0.717) is 16.5 Å². The molecule has 0 amide bonds. The number of halogens is 1. The van der Waals surface area contributed by atoms with Gasteiger partial charge in [-0.15, -0.1) is 0 Å². The summed E-state index contributed by atoms with van der Waals surface area (Å²) >= 11 is 6.33. The van der Waals surface area contributed by atoms with Crippen LogP contribution in [0.3, 0.4) is 0 Å². The Labute approximate surface area is 144 Å². The molecule has 1 aromatic carbocycles. The van der Waals surface area contributed by atoms with Gasteiger partial charge in [0, 0.05) is 17.6 Å². The number of fused-ring (bicyclic) bond motifs is 1. The third kappa shape index (κ3) is 2.60. The van der Waals surface area contributed by atoms with E-state index in [1.165, 1.54) is 0 Å². The molecule has 5 nitrogen and oxygen atoms in total. The standard InChI is InChI=1S/C18H17ClN4O/c1-2-16-20-11-14(19)18(22-16)12-6-5-7-15-13(12)10-21-23(15)17-8-3-4-9-24-17/h2,5-7,10-11,17H,1,3-4,8-9H2. The van der Waals surface area contributed by atoms with Gasteiger partial charge in [-0.1, -0.05) is 30.3 Å². The molecule has 4 rings (SSSR count). The Kier molecular flexibility index (Phi) is 4.04. The van der Waals surface area contributed by atoms with Crippen LogP contribution in [0.1, 0.15) is 31.3 Å². The molecule has 1 saturated heterocycles. The maximum atomic E-state index is 6.33. The molecule has 1 aliphatic rings. The zero-order valence-corrected chi connectivity index (χ0v) is 13.9. The zero-order chi connectivity index (χ0) is 16.5. The van der Waals surface area contributed by atoms with Gasteiger partial charge >= 0.3 is 0 Å². The molecule has 0 N–H and O–H groups in total.